The van der Waals surface area contributed by atoms with E-state index < -0.39 is 0 Å². The second kappa shape index (κ2) is 4.90. The first-order chi connectivity index (χ1) is 8.21. The van der Waals surface area contributed by atoms with Gasteiger partial charge in [0.05, 0.1) is 0 Å². The number of anilines is 2. The molecule has 0 amide bonds. The van der Waals surface area contributed by atoms with Crippen molar-refractivity contribution in [2.45, 2.75) is 46.0 Å². The molecule has 0 radical (unpaired) electrons. The van der Waals surface area contributed by atoms with E-state index in [9.17, 15) is 0 Å². The highest BCUT2D eigenvalue weighted by molar-refractivity contribution is 5.55. The SMILES string of the molecule is CCCc1c(N)ncnc1NCC1(CC)CC1. The van der Waals surface area contributed by atoms with Crippen molar-refractivity contribution < 1.29 is 0 Å². The summed E-state index contributed by atoms with van der Waals surface area (Å²) in [7, 11) is 0. The lowest BCUT2D eigenvalue weighted by Crippen LogP contribution is -2.17. The zero-order valence-corrected chi connectivity index (χ0v) is 10.8. The van der Waals surface area contributed by atoms with Crippen LogP contribution in [0.1, 0.15) is 45.1 Å². The number of hydrogen-bond acceptors (Lipinski definition) is 4. The normalized spacial score (nSPS) is 16.8. The first-order valence-corrected chi connectivity index (χ1v) is 6.54. The standard InChI is InChI=1S/C13H22N4/c1-3-5-10-11(14)16-9-17-12(10)15-8-13(4-2)6-7-13/h9H,3-8H2,1-2H3,(H3,14,15,16,17). The number of nitrogens with zero attached hydrogens (tertiary/aromatic N) is 2. The Morgan fingerprint density at radius 3 is 2.71 bits per heavy atom. The predicted molar refractivity (Wildman–Crippen MR) is 70.9 cm³/mol. The van der Waals surface area contributed by atoms with E-state index >= 15 is 0 Å². The van der Waals surface area contributed by atoms with E-state index in [1.54, 1.807) is 6.33 Å². The minimum atomic E-state index is 0.517. The Balaban J connectivity index is 2.06. The highest BCUT2D eigenvalue weighted by Crippen LogP contribution is 2.48. The van der Waals surface area contributed by atoms with Crippen LogP contribution in [0.15, 0.2) is 6.33 Å². The second-order valence-corrected chi connectivity index (χ2v) is 5.04. The number of rotatable bonds is 6. The summed E-state index contributed by atoms with van der Waals surface area (Å²) in [5.74, 6) is 1.55. The quantitative estimate of drug-likeness (QED) is 0.794. The van der Waals surface area contributed by atoms with Gasteiger partial charge in [-0.1, -0.05) is 20.3 Å². The third-order valence-corrected chi connectivity index (χ3v) is 3.82. The number of nitrogens with one attached hydrogen (secondary N) is 1. The molecule has 4 nitrogen and oxygen atoms in total. The van der Waals surface area contributed by atoms with Gasteiger partial charge in [0.1, 0.15) is 18.0 Å². The zero-order chi connectivity index (χ0) is 12.3. The monoisotopic (exact) mass is 234 g/mol. The average Bonchev–Trinajstić information content (AvgIpc) is 3.11. The number of nitrogen functional groups attached to an aromatic ring is 1. The second-order valence-electron chi connectivity index (χ2n) is 5.04. The molecule has 3 N–H and O–H groups in total. The summed E-state index contributed by atoms with van der Waals surface area (Å²) in [4.78, 5) is 8.39. The summed E-state index contributed by atoms with van der Waals surface area (Å²) in [6, 6.07) is 0. The van der Waals surface area contributed by atoms with Crippen LogP contribution in [-0.4, -0.2) is 16.5 Å². The van der Waals surface area contributed by atoms with Crippen LogP contribution in [0.3, 0.4) is 0 Å². The Morgan fingerprint density at radius 2 is 2.12 bits per heavy atom. The van der Waals surface area contributed by atoms with Crippen LogP contribution in [0.25, 0.3) is 0 Å². The fourth-order valence-corrected chi connectivity index (χ4v) is 2.18. The van der Waals surface area contributed by atoms with Crippen molar-refractivity contribution in [2.75, 3.05) is 17.6 Å². The lowest BCUT2D eigenvalue weighted by atomic mass is 10.0. The van der Waals surface area contributed by atoms with Crippen molar-refractivity contribution in [3.63, 3.8) is 0 Å². The van der Waals surface area contributed by atoms with E-state index in [0.717, 1.165) is 30.8 Å². The Morgan fingerprint density at radius 1 is 1.35 bits per heavy atom. The van der Waals surface area contributed by atoms with Crippen LogP contribution in [0.2, 0.25) is 0 Å². The topological polar surface area (TPSA) is 63.8 Å². The van der Waals surface area contributed by atoms with Crippen LogP contribution in [0.4, 0.5) is 11.6 Å². The van der Waals surface area contributed by atoms with E-state index in [-0.39, 0.29) is 0 Å². The molecule has 1 fully saturated rings. The van der Waals surface area contributed by atoms with Crippen LogP contribution in [0.5, 0.6) is 0 Å². The molecule has 1 saturated carbocycles. The van der Waals surface area contributed by atoms with Gasteiger partial charge in [-0.2, -0.15) is 0 Å². The maximum Gasteiger partial charge on any atom is 0.134 e. The molecular weight excluding hydrogens is 212 g/mol. The van der Waals surface area contributed by atoms with Crippen molar-refractivity contribution in [1.29, 1.82) is 0 Å². The molecule has 1 aromatic heterocycles. The molecule has 0 aliphatic heterocycles. The van der Waals surface area contributed by atoms with E-state index in [1.807, 2.05) is 0 Å². The van der Waals surface area contributed by atoms with Gasteiger partial charge < -0.3 is 11.1 Å². The van der Waals surface area contributed by atoms with Gasteiger partial charge in [-0.25, -0.2) is 9.97 Å². The van der Waals surface area contributed by atoms with E-state index in [2.05, 4.69) is 29.1 Å². The molecule has 1 heterocycles. The lowest BCUT2D eigenvalue weighted by molar-refractivity contribution is 0.520. The van der Waals surface area contributed by atoms with Gasteiger partial charge >= 0.3 is 0 Å². The van der Waals surface area contributed by atoms with Crippen molar-refractivity contribution >= 4 is 11.6 Å². The molecule has 0 aromatic carbocycles. The molecule has 2 rings (SSSR count). The Kier molecular flexibility index (Phi) is 3.50. The molecular formula is C13H22N4. The molecule has 1 aliphatic carbocycles. The van der Waals surface area contributed by atoms with Crippen molar-refractivity contribution in [3.8, 4) is 0 Å². The zero-order valence-electron chi connectivity index (χ0n) is 10.8. The fourth-order valence-electron chi connectivity index (χ4n) is 2.18. The van der Waals surface area contributed by atoms with Crippen LogP contribution >= 0.6 is 0 Å². The highest BCUT2D eigenvalue weighted by atomic mass is 15.0. The van der Waals surface area contributed by atoms with E-state index in [1.165, 1.54) is 19.3 Å². The van der Waals surface area contributed by atoms with E-state index in [0.29, 0.717) is 11.2 Å². The molecule has 0 atom stereocenters. The maximum absolute atomic E-state index is 5.90. The summed E-state index contributed by atoms with van der Waals surface area (Å²) >= 11 is 0. The molecule has 0 spiro atoms. The first kappa shape index (κ1) is 12.1. The molecule has 0 saturated heterocycles. The van der Waals surface area contributed by atoms with Gasteiger partial charge in [0.15, 0.2) is 0 Å². The third kappa shape index (κ3) is 2.68. The van der Waals surface area contributed by atoms with Gasteiger partial charge in [-0.15, -0.1) is 0 Å². The van der Waals surface area contributed by atoms with E-state index in [4.69, 9.17) is 5.73 Å². The molecule has 1 aromatic rings. The van der Waals surface area contributed by atoms with Gasteiger partial charge in [0.25, 0.3) is 0 Å². The van der Waals surface area contributed by atoms with Gasteiger partial charge in [-0.05, 0) is 31.1 Å². The summed E-state index contributed by atoms with van der Waals surface area (Å²) < 4.78 is 0. The molecule has 0 bridgehead atoms. The molecule has 17 heavy (non-hydrogen) atoms. The average molecular weight is 234 g/mol. The van der Waals surface area contributed by atoms with Crippen molar-refractivity contribution in [2.24, 2.45) is 5.41 Å². The lowest BCUT2D eigenvalue weighted by Gasteiger charge is -2.16. The maximum atomic E-state index is 5.90. The summed E-state index contributed by atoms with van der Waals surface area (Å²) in [5.41, 5.74) is 7.49. The Hall–Kier alpha value is -1.32. The van der Waals surface area contributed by atoms with Crippen LogP contribution < -0.4 is 11.1 Å². The van der Waals surface area contributed by atoms with Crippen molar-refractivity contribution in [3.05, 3.63) is 11.9 Å². The minimum absolute atomic E-state index is 0.517. The van der Waals surface area contributed by atoms with Crippen molar-refractivity contribution in [1.82, 2.24) is 9.97 Å². The molecule has 4 heteroatoms. The van der Waals surface area contributed by atoms with Gasteiger partial charge in [0.2, 0.25) is 0 Å². The summed E-state index contributed by atoms with van der Waals surface area (Å²) in [5, 5.41) is 3.46. The predicted octanol–water partition coefficient (Wildman–Crippen LogP) is 2.61. The third-order valence-electron chi connectivity index (χ3n) is 3.82. The fraction of sp³-hybridized carbons (Fsp3) is 0.692. The Bertz CT molecular complexity index is 385. The highest BCUT2D eigenvalue weighted by Gasteiger charge is 2.40. The summed E-state index contributed by atoms with van der Waals surface area (Å²) in [6.07, 6.45) is 7.45. The number of aromatic nitrogens is 2. The number of hydrogen-bond donors (Lipinski definition) is 2. The molecule has 1 aliphatic rings. The molecule has 0 unspecified atom stereocenters. The first-order valence-electron chi connectivity index (χ1n) is 6.54. The minimum Gasteiger partial charge on any atom is -0.383 e. The van der Waals surface area contributed by atoms with Gasteiger partial charge in [-0.3, -0.25) is 0 Å². The van der Waals surface area contributed by atoms with Crippen LogP contribution in [-0.2, 0) is 6.42 Å². The van der Waals surface area contributed by atoms with Gasteiger partial charge in [0, 0.05) is 12.1 Å². The molecule has 94 valence electrons. The largest absolute Gasteiger partial charge is 0.383 e. The smallest absolute Gasteiger partial charge is 0.134 e. The Labute approximate surface area is 103 Å². The number of nitrogens with two attached hydrogens (primary N) is 1. The van der Waals surface area contributed by atoms with Crippen LogP contribution in [0, 0.1) is 5.41 Å². The summed E-state index contributed by atoms with van der Waals surface area (Å²) in [6.45, 7) is 5.41.